The summed E-state index contributed by atoms with van der Waals surface area (Å²) in [6.45, 7) is 2.54. The van der Waals surface area contributed by atoms with Gasteiger partial charge in [-0.2, -0.15) is 0 Å². The number of anilines is 1. The van der Waals surface area contributed by atoms with Crippen molar-refractivity contribution in [1.29, 1.82) is 0 Å². The number of aryl methyl sites for hydroxylation is 1. The molecule has 0 atom stereocenters. The maximum atomic E-state index is 12.0. The van der Waals surface area contributed by atoms with Gasteiger partial charge in [0.15, 0.2) is 0 Å². The van der Waals surface area contributed by atoms with Crippen LogP contribution >= 0.6 is 0 Å². The number of ether oxygens (including phenoxy) is 1. The SMILES string of the molecule is CCOC(=O)CCCCCn1cc(N(CCO)CCO)c(=O)[nH]c1=O. The lowest BCUT2D eigenvalue weighted by Gasteiger charge is -2.22. The number of nitrogens with zero attached hydrogens (tertiary/aromatic N) is 2. The molecule has 0 fully saturated rings. The highest BCUT2D eigenvalue weighted by Gasteiger charge is 2.12. The van der Waals surface area contributed by atoms with Crippen LogP contribution in [0.1, 0.15) is 32.6 Å². The number of rotatable bonds is 12. The summed E-state index contributed by atoms with van der Waals surface area (Å²) in [5, 5.41) is 18.2. The second kappa shape index (κ2) is 11.4. The molecule has 0 aromatic carbocycles. The van der Waals surface area contributed by atoms with E-state index >= 15 is 0 Å². The van der Waals surface area contributed by atoms with Crippen molar-refractivity contribution in [2.45, 2.75) is 39.2 Å². The highest BCUT2D eigenvalue weighted by Crippen LogP contribution is 2.07. The number of hydrogen-bond acceptors (Lipinski definition) is 7. The van der Waals surface area contributed by atoms with Crippen molar-refractivity contribution in [3.63, 3.8) is 0 Å². The molecule has 0 bridgehead atoms. The minimum absolute atomic E-state index is 0.174. The molecule has 0 aliphatic heterocycles. The lowest BCUT2D eigenvalue weighted by Crippen LogP contribution is -2.38. The van der Waals surface area contributed by atoms with Gasteiger partial charge in [0.05, 0.1) is 19.8 Å². The van der Waals surface area contributed by atoms with E-state index in [-0.39, 0.29) is 38.0 Å². The van der Waals surface area contributed by atoms with Crippen LogP contribution in [-0.4, -0.2) is 58.6 Å². The van der Waals surface area contributed by atoms with Crippen LogP contribution < -0.4 is 16.1 Å². The average molecular weight is 357 g/mol. The topological polar surface area (TPSA) is 125 Å². The molecule has 142 valence electrons. The molecule has 0 saturated heterocycles. The van der Waals surface area contributed by atoms with Crippen LogP contribution in [-0.2, 0) is 16.1 Å². The van der Waals surface area contributed by atoms with E-state index in [2.05, 4.69) is 4.98 Å². The van der Waals surface area contributed by atoms with Gasteiger partial charge in [-0.05, 0) is 19.8 Å². The zero-order chi connectivity index (χ0) is 18.7. The van der Waals surface area contributed by atoms with E-state index in [0.717, 1.165) is 6.42 Å². The third-order valence-electron chi connectivity index (χ3n) is 3.66. The molecule has 1 aromatic rings. The Morgan fingerprint density at radius 3 is 2.48 bits per heavy atom. The Kier molecular flexibility index (Phi) is 9.56. The maximum Gasteiger partial charge on any atom is 0.328 e. The summed E-state index contributed by atoms with van der Waals surface area (Å²) in [7, 11) is 0. The summed E-state index contributed by atoms with van der Waals surface area (Å²) in [5.41, 5.74) is -0.827. The smallest absolute Gasteiger partial charge is 0.328 e. The van der Waals surface area contributed by atoms with Crippen LogP contribution in [0.25, 0.3) is 0 Å². The Balaban J connectivity index is 2.67. The second-order valence-electron chi connectivity index (χ2n) is 5.52. The van der Waals surface area contributed by atoms with Crippen LogP contribution in [0.4, 0.5) is 5.69 Å². The number of hydrogen-bond donors (Lipinski definition) is 3. The molecule has 0 unspecified atom stereocenters. The third kappa shape index (κ3) is 7.10. The van der Waals surface area contributed by atoms with Gasteiger partial charge in [0.25, 0.3) is 5.56 Å². The van der Waals surface area contributed by atoms with Gasteiger partial charge in [-0.3, -0.25) is 19.1 Å². The fraction of sp³-hybridized carbons (Fsp3) is 0.688. The second-order valence-corrected chi connectivity index (χ2v) is 5.52. The Hall–Kier alpha value is -2.13. The monoisotopic (exact) mass is 357 g/mol. The lowest BCUT2D eigenvalue weighted by atomic mass is 10.2. The van der Waals surface area contributed by atoms with E-state index in [1.807, 2.05) is 0 Å². The van der Waals surface area contributed by atoms with Crippen LogP contribution in [0.5, 0.6) is 0 Å². The van der Waals surface area contributed by atoms with E-state index in [1.165, 1.54) is 15.7 Å². The number of unbranched alkanes of at least 4 members (excludes halogenated alkanes) is 2. The number of esters is 1. The number of carbonyl (C=O) groups excluding carboxylic acids is 1. The number of aromatic amines is 1. The largest absolute Gasteiger partial charge is 0.466 e. The van der Waals surface area contributed by atoms with Crippen molar-refractivity contribution in [3.05, 3.63) is 27.0 Å². The first-order chi connectivity index (χ1) is 12.0. The van der Waals surface area contributed by atoms with E-state index in [1.54, 1.807) is 6.92 Å². The van der Waals surface area contributed by atoms with Gasteiger partial charge >= 0.3 is 11.7 Å². The van der Waals surface area contributed by atoms with Gasteiger partial charge in [0.1, 0.15) is 5.69 Å². The molecule has 0 aliphatic rings. The Morgan fingerprint density at radius 1 is 1.20 bits per heavy atom. The maximum absolute atomic E-state index is 12.0. The standard InChI is InChI=1S/C16H27N3O6/c1-2-25-14(22)6-4-3-5-7-19-12-13(15(23)17-16(19)24)18(8-10-20)9-11-21/h12,20-21H,2-11H2,1H3,(H,17,23,24). The first-order valence-corrected chi connectivity index (χ1v) is 8.49. The van der Waals surface area contributed by atoms with Crippen molar-refractivity contribution in [2.75, 3.05) is 37.8 Å². The normalized spacial score (nSPS) is 10.7. The predicted octanol–water partition coefficient (Wildman–Crippen LogP) is -0.549. The van der Waals surface area contributed by atoms with E-state index < -0.39 is 11.2 Å². The molecule has 0 amide bonds. The minimum Gasteiger partial charge on any atom is -0.466 e. The number of aromatic nitrogens is 2. The van der Waals surface area contributed by atoms with Gasteiger partial charge in [0, 0.05) is 32.3 Å². The molecular formula is C16H27N3O6. The van der Waals surface area contributed by atoms with Crippen molar-refractivity contribution >= 4 is 11.7 Å². The van der Waals surface area contributed by atoms with Crippen molar-refractivity contribution in [2.24, 2.45) is 0 Å². The van der Waals surface area contributed by atoms with E-state index in [9.17, 15) is 14.4 Å². The zero-order valence-electron chi connectivity index (χ0n) is 14.6. The predicted molar refractivity (Wildman–Crippen MR) is 92.8 cm³/mol. The van der Waals surface area contributed by atoms with Gasteiger partial charge in [0.2, 0.25) is 0 Å². The molecule has 1 rings (SSSR count). The van der Waals surface area contributed by atoms with Crippen LogP contribution in [0.15, 0.2) is 15.8 Å². The Morgan fingerprint density at radius 2 is 1.88 bits per heavy atom. The molecule has 0 radical (unpaired) electrons. The minimum atomic E-state index is -0.550. The fourth-order valence-corrected chi connectivity index (χ4v) is 2.44. The van der Waals surface area contributed by atoms with Gasteiger partial charge in [-0.25, -0.2) is 4.79 Å². The van der Waals surface area contributed by atoms with E-state index in [4.69, 9.17) is 14.9 Å². The number of carbonyl (C=O) groups is 1. The molecule has 3 N–H and O–H groups in total. The lowest BCUT2D eigenvalue weighted by molar-refractivity contribution is -0.143. The van der Waals surface area contributed by atoms with Gasteiger partial charge in [-0.1, -0.05) is 6.42 Å². The molecule has 25 heavy (non-hydrogen) atoms. The first kappa shape index (κ1) is 20.9. The number of aliphatic hydroxyl groups excluding tert-OH is 2. The summed E-state index contributed by atoms with van der Waals surface area (Å²) in [6, 6.07) is 0. The molecule has 0 spiro atoms. The summed E-state index contributed by atoms with van der Waals surface area (Å²) >= 11 is 0. The Bertz CT molecular complexity index is 633. The molecule has 9 nitrogen and oxygen atoms in total. The van der Waals surface area contributed by atoms with Crippen molar-refractivity contribution in [1.82, 2.24) is 9.55 Å². The highest BCUT2D eigenvalue weighted by molar-refractivity contribution is 5.69. The molecule has 9 heteroatoms. The molecule has 1 heterocycles. The number of aliphatic hydroxyl groups is 2. The Labute approximate surface area is 145 Å². The van der Waals surface area contributed by atoms with Crippen LogP contribution in [0.2, 0.25) is 0 Å². The highest BCUT2D eigenvalue weighted by atomic mass is 16.5. The molecular weight excluding hydrogens is 330 g/mol. The number of nitrogens with one attached hydrogen (secondary N) is 1. The molecule has 0 aliphatic carbocycles. The number of H-pyrrole nitrogens is 1. The van der Waals surface area contributed by atoms with E-state index in [0.29, 0.717) is 32.4 Å². The summed E-state index contributed by atoms with van der Waals surface area (Å²) in [6.07, 6.45) is 3.88. The summed E-state index contributed by atoms with van der Waals surface area (Å²) in [5.74, 6) is -0.227. The molecule has 0 saturated carbocycles. The fourth-order valence-electron chi connectivity index (χ4n) is 2.44. The third-order valence-corrected chi connectivity index (χ3v) is 3.66. The van der Waals surface area contributed by atoms with Crippen LogP contribution in [0, 0.1) is 0 Å². The van der Waals surface area contributed by atoms with Crippen LogP contribution in [0.3, 0.4) is 0 Å². The van der Waals surface area contributed by atoms with Gasteiger partial charge < -0.3 is 19.8 Å². The summed E-state index contributed by atoms with van der Waals surface area (Å²) < 4.78 is 6.24. The first-order valence-electron chi connectivity index (χ1n) is 8.49. The van der Waals surface area contributed by atoms with Gasteiger partial charge in [-0.15, -0.1) is 0 Å². The molecule has 1 aromatic heterocycles. The van der Waals surface area contributed by atoms with Crippen molar-refractivity contribution < 1.29 is 19.7 Å². The summed E-state index contributed by atoms with van der Waals surface area (Å²) in [4.78, 5) is 38.9. The quantitative estimate of drug-likeness (QED) is 0.339. The average Bonchev–Trinajstić information content (AvgIpc) is 2.56. The van der Waals surface area contributed by atoms with Crippen molar-refractivity contribution in [3.8, 4) is 0 Å². The zero-order valence-corrected chi connectivity index (χ0v) is 14.6.